The Balaban J connectivity index is 2.09. The van der Waals surface area contributed by atoms with Crippen molar-refractivity contribution in [1.29, 1.82) is 0 Å². The van der Waals surface area contributed by atoms with Crippen molar-refractivity contribution >= 4 is 0 Å². The quantitative estimate of drug-likeness (QED) is 0.895. The van der Waals surface area contributed by atoms with Crippen molar-refractivity contribution < 1.29 is 9.13 Å². The summed E-state index contributed by atoms with van der Waals surface area (Å²) in [5, 5.41) is 3.29. The van der Waals surface area contributed by atoms with E-state index in [9.17, 15) is 4.39 Å². The summed E-state index contributed by atoms with van der Waals surface area (Å²) in [7, 11) is 1.45. The number of ether oxygens (including phenoxy) is 1. The third-order valence-corrected chi connectivity index (χ3v) is 3.30. The fraction of sp³-hybridized carbons (Fsp3) is 0.286. The maximum Gasteiger partial charge on any atom is 0.165 e. The van der Waals surface area contributed by atoms with E-state index in [2.05, 4.69) is 15.3 Å². The number of rotatable bonds is 2. The van der Waals surface area contributed by atoms with E-state index >= 15 is 0 Å². The number of aromatic nitrogens is 2. The minimum atomic E-state index is -0.379. The molecule has 2 aromatic rings. The van der Waals surface area contributed by atoms with Gasteiger partial charge in [-0.15, -0.1) is 0 Å². The summed E-state index contributed by atoms with van der Waals surface area (Å²) in [5.41, 5.74) is 3.64. The van der Waals surface area contributed by atoms with Crippen LogP contribution in [0.25, 0.3) is 11.3 Å². The lowest BCUT2D eigenvalue weighted by molar-refractivity contribution is 0.386. The molecule has 0 atom stereocenters. The molecule has 0 saturated carbocycles. The topological polar surface area (TPSA) is 47.0 Å². The molecule has 0 spiro atoms. The summed E-state index contributed by atoms with van der Waals surface area (Å²) in [6, 6.07) is 4.89. The highest BCUT2D eigenvalue weighted by Crippen LogP contribution is 2.28. The van der Waals surface area contributed by atoms with Gasteiger partial charge in [-0.1, -0.05) is 0 Å². The molecular weight excluding hydrogens is 245 g/mol. The Bertz CT molecular complexity index is 616. The monoisotopic (exact) mass is 259 g/mol. The highest BCUT2D eigenvalue weighted by molar-refractivity contribution is 5.65. The SMILES string of the molecule is COc1ccc(-c2ncnc3c2CNCC3)cc1F. The Kier molecular flexibility index (Phi) is 3.13. The largest absolute Gasteiger partial charge is 0.494 e. The summed E-state index contributed by atoms with van der Waals surface area (Å²) in [5.74, 6) is -0.138. The molecule has 0 bridgehead atoms. The van der Waals surface area contributed by atoms with Crippen LogP contribution in [0.5, 0.6) is 5.75 Å². The van der Waals surface area contributed by atoms with Crippen LogP contribution in [0, 0.1) is 5.82 Å². The summed E-state index contributed by atoms with van der Waals surface area (Å²) < 4.78 is 18.7. The molecule has 0 saturated heterocycles. The van der Waals surface area contributed by atoms with Gasteiger partial charge in [-0.2, -0.15) is 0 Å². The van der Waals surface area contributed by atoms with E-state index in [0.717, 1.165) is 42.0 Å². The Labute approximate surface area is 110 Å². The Hall–Kier alpha value is -2.01. The summed E-state index contributed by atoms with van der Waals surface area (Å²) in [6.45, 7) is 1.64. The zero-order valence-corrected chi connectivity index (χ0v) is 10.6. The van der Waals surface area contributed by atoms with Crippen molar-refractivity contribution in [1.82, 2.24) is 15.3 Å². The molecule has 1 aromatic carbocycles. The summed E-state index contributed by atoms with van der Waals surface area (Å²) in [6.07, 6.45) is 2.42. The number of methoxy groups -OCH3 is 1. The number of hydrogen-bond donors (Lipinski definition) is 1. The molecule has 1 N–H and O–H groups in total. The van der Waals surface area contributed by atoms with Crippen molar-refractivity contribution in [3.8, 4) is 17.0 Å². The molecule has 19 heavy (non-hydrogen) atoms. The first kappa shape index (κ1) is 12.0. The van der Waals surface area contributed by atoms with Crippen LogP contribution < -0.4 is 10.1 Å². The van der Waals surface area contributed by atoms with Crippen LogP contribution in [-0.4, -0.2) is 23.6 Å². The lowest BCUT2D eigenvalue weighted by Gasteiger charge is -2.18. The second-order valence-corrected chi connectivity index (χ2v) is 4.42. The number of nitrogens with one attached hydrogen (secondary N) is 1. The molecule has 0 aliphatic carbocycles. The predicted octanol–water partition coefficient (Wildman–Crippen LogP) is 1.94. The number of halogens is 1. The van der Waals surface area contributed by atoms with Gasteiger partial charge < -0.3 is 10.1 Å². The van der Waals surface area contributed by atoms with E-state index in [1.807, 2.05) is 6.07 Å². The lowest BCUT2D eigenvalue weighted by atomic mass is 10.0. The van der Waals surface area contributed by atoms with Crippen molar-refractivity contribution in [3.05, 3.63) is 41.6 Å². The fourth-order valence-electron chi connectivity index (χ4n) is 2.33. The van der Waals surface area contributed by atoms with Crippen molar-refractivity contribution in [2.24, 2.45) is 0 Å². The average Bonchev–Trinajstić information content (AvgIpc) is 2.46. The van der Waals surface area contributed by atoms with E-state index in [4.69, 9.17) is 4.74 Å². The first-order chi connectivity index (χ1) is 9.29. The lowest BCUT2D eigenvalue weighted by Crippen LogP contribution is -2.25. The molecule has 3 rings (SSSR count). The maximum atomic E-state index is 13.8. The van der Waals surface area contributed by atoms with Crippen LogP contribution in [0.4, 0.5) is 4.39 Å². The van der Waals surface area contributed by atoms with Crippen molar-refractivity contribution in [2.75, 3.05) is 13.7 Å². The van der Waals surface area contributed by atoms with Crippen molar-refractivity contribution in [3.63, 3.8) is 0 Å². The second-order valence-electron chi connectivity index (χ2n) is 4.42. The summed E-state index contributed by atoms with van der Waals surface area (Å²) >= 11 is 0. The molecule has 2 heterocycles. The highest BCUT2D eigenvalue weighted by atomic mass is 19.1. The van der Waals surface area contributed by atoms with E-state index in [1.165, 1.54) is 13.2 Å². The number of fused-ring (bicyclic) bond motifs is 1. The van der Waals surface area contributed by atoms with Crippen LogP contribution in [0.15, 0.2) is 24.5 Å². The standard InChI is InChI=1S/C14H14FN3O/c1-19-13-3-2-9(6-11(13)15)14-10-7-16-5-4-12(10)17-8-18-14/h2-3,6,8,16H,4-5,7H2,1H3. The van der Waals surface area contributed by atoms with Crippen LogP contribution in [-0.2, 0) is 13.0 Å². The van der Waals surface area contributed by atoms with E-state index in [-0.39, 0.29) is 11.6 Å². The number of nitrogens with zero attached hydrogens (tertiary/aromatic N) is 2. The molecule has 98 valence electrons. The molecule has 0 fully saturated rings. The van der Waals surface area contributed by atoms with E-state index in [1.54, 1.807) is 12.4 Å². The fourth-order valence-corrected chi connectivity index (χ4v) is 2.33. The van der Waals surface area contributed by atoms with Crippen LogP contribution >= 0.6 is 0 Å². The Morgan fingerprint density at radius 3 is 3.00 bits per heavy atom. The van der Waals surface area contributed by atoms with Crippen LogP contribution in [0.2, 0.25) is 0 Å². The molecular formula is C14H14FN3O. The van der Waals surface area contributed by atoms with Gasteiger partial charge >= 0.3 is 0 Å². The Morgan fingerprint density at radius 1 is 1.32 bits per heavy atom. The normalized spacial score (nSPS) is 14.0. The summed E-state index contributed by atoms with van der Waals surface area (Å²) in [4.78, 5) is 8.59. The third kappa shape index (κ3) is 2.17. The van der Waals surface area contributed by atoms with Gasteiger partial charge in [0, 0.05) is 30.6 Å². The number of benzene rings is 1. The minimum absolute atomic E-state index is 0.241. The van der Waals surface area contributed by atoms with E-state index < -0.39 is 0 Å². The Morgan fingerprint density at radius 2 is 2.21 bits per heavy atom. The third-order valence-electron chi connectivity index (χ3n) is 3.30. The van der Waals surface area contributed by atoms with Crippen LogP contribution in [0.1, 0.15) is 11.3 Å². The van der Waals surface area contributed by atoms with E-state index in [0.29, 0.717) is 0 Å². The van der Waals surface area contributed by atoms with Gasteiger partial charge in [0.05, 0.1) is 18.5 Å². The minimum Gasteiger partial charge on any atom is -0.494 e. The molecule has 4 nitrogen and oxygen atoms in total. The first-order valence-electron chi connectivity index (χ1n) is 6.17. The van der Waals surface area contributed by atoms with Gasteiger partial charge in [-0.25, -0.2) is 14.4 Å². The molecule has 0 unspecified atom stereocenters. The zero-order chi connectivity index (χ0) is 13.2. The van der Waals surface area contributed by atoms with Gasteiger partial charge in [0.25, 0.3) is 0 Å². The van der Waals surface area contributed by atoms with Crippen LogP contribution in [0.3, 0.4) is 0 Å². The van der Waals surface area contributed by atoms with Gasteiger partial charge in [0.1, 0.15) is 6.33 Å². The smallest absolute Gasteiger partial charge is 0.165 e. The highest BCUT2D eigenvalue weighted by Gasteiger charge is 2.17. The zero-order valence-electron chi connectivity index (χ0n) is 10.6. The molecule has 0 radical (unpaired) electrons. The molecule has 5 heteroatoms. The number of hydrogen-bond acceptors (Lipinski definition) is 4. The van der Waals surface area contributed by atoms with Gasteiger partial charge in [0.2, 0.25) is 0 Å². The van der Waals surface area contributed by atoms with Gasteiger partial charge in [-0.05, 0) is 18.2 Å². The predicted molar refractivity (Wildman–Crippen MR) is 69.4 cm³/mol. The molecule has 1 aliphatic heterocycles. The maximum absolute atomic E-state index is 13.8. The van der Waals surface area contributed by atoms with Gasteiger partial charge in [0.15, 0.2) is 11.6 Å². The first-order valence-corrected chi connectivity index (χ1v) is 6.17. The second kappa shape index (κ2) is 4.93. The molecule has 1 aliphatic rings. The average molecular weight is 259 g/mol. The molecule has 1 aromatic heterocycles. The van der Waals surface area contributed by atoms with Gasteiger partial charge in [-0.3, -0.25) is 0 Å². The molecule has 0 amide bonds. The van der Waals surface area contributed by atoms with Crippen molar-refractivity contribution in [2.45, 2.75) is 13.0 Å².